The van der Waals surface area contributed by atoms with Crippen LogP contribution in [-0.4, -0.2) is 43.1 Å². The molecule has 3 rings (SSSR count). The maximum Gasteiger partial charge on any atom is 0.255 e. The second-order valence-electron chi connectivity index (χ2n) is 6.78. The monoisotopic (exact) mass is 383 g/mol. The molecule has 6 heteroatoms. The molecule has 1 amide bonds. The number of nitrogens with zero attached hydrogens (tertiary/aromatic N) is 1. The van der Waals surface area contributed by atoms with Gasteiger partial charge in [-0.15, -0.1) is 11.8 Å². The van der Waals surface area contributed by atoms with Gasteiger partial charge in [-0.2, -0.15) is 0 Å². The number of benzene rings is 1. The van der Waals surface area contributed by atoms with Gasteiger partial charge in [-0.3, -0.25) is 4.79 Å². The van der Waals surface area contributed by atoms with E-state index in [4.69, 9.17) is 21.1 Å². The molecule has 0 radical (unpaired) electrons. The van der Waals surface area contributed by atoms with Gasteiger partial charge in [0, 0.05) is 28.3 Å². The Balaban J connectivity index is 1.68. The molecule has 0 aromatic heterocycles. The molecule has 0 N–H and O–H groups in total. The van der Waals surface area contributed by atoms with Crippen LogP contribution >= 0.6 is 23.4 Å². The van der Waals surface area contributed by atoms with Crippen molar-refractivity contribution in [2.45, 2.75) is 61.9 Å². The lowest BCUT2D eigenvalue weighted by atomic mass is 10.1. The van der Waals surface area contributed by atoms with Crippen molar-refractivity contribution in [2.24, 2.45) is 0 Å². The summed E-state index contributed by atoms with van der Waals surface area (Å²) < 4.78 is 11.5. The number of rotatable bonds is 4. The Hall–Kier alpha value is -0.750. The Bertz CT molecular complexity index is 606. The van der Waals surface area contributed by atoms with Gasteiger partial charge in [-0.05, 0) is 50.8 Å². The third-order valence-corrected chi connectivity index (χ3v) is 6.19. The molecule has 138 valence electrons. The van der Waals surface area contributed by atoms with E-state index in [1.54, 1.807) is 11.8 Å². The van der Waals surface area contributed by atoms with E-state index in [2.05, 4.69) is 6.92 Å². The lowest BCUT2D eigenvalue weighted by molar-refractivity contribution is -0.132. The Morgan fingerprint density at radius 1 is 1.44 bits per heavy atom. The van der Waals surface area contributed by atoms with E-state index in [1.807, 2.05) is 30.0 Å². The molecule has 0 saturated carbocycles. The fraction of sp³-hybridized carbons (Fsp3) is 0.632. The van der Waals surface area contributed by atoms with Gasteiger partial charge in [0.1, 0.15) is 6.10 Å². The molecule has 4 nitrogen and oxygen atoms in total. The minimum absolute atomic E-state index is 0.00553. The summed E-state index contributed by atoms with van der Waals surface area (Å²) in [6.45, 7) is 5.99. The van der Waals surface area contributed by atoms with E-state index in [9.17, 15) is 4.79 Å². The van der Waals surface area contributed by atoms with Crippen molar-refractivity contribution in [1.82, 2.24) is 0 Å². The van der Waals surface area contributed by atoms with Crippen molar-refractivity contribution >= 4 is 35.0 Å². The molecular formula is C19H26ClNO3S. The molecule has 0 aliphatic carbocycles. The number of anilines is 1. The maximum absolute atomic E-state index is 13.0. The van der Waals surface area contributed by atoms with Crippen LogP contribution in [0.2, 0.25) is 5.02 Å². The van der Waals surface area contributed by atoms with Gasteiger partial charge in [0.05, 0.1) is 18.4 Å². The predicted molar refractivity (Wildman–Crippen MR) is 103 cm³/mol. The van der Waals surface area contributed by atoms with E-state index >= 15 is 0 Å². The number of thioether (sulfide) groups is 1. The molecule has 2 aliphatic rings. The highest BCUT2D eigenvalue weighted by Crippen LogP contribution is 2.39. The average molecular weight is 384 g/mol. The molecule has 3 unspecified atom stereocenters. The number of ether oxygens (including phenoxy) is 2. The smallest absolute Gasteiger partial charge is 0.255 e. The van der Waals surface area contributed by atoms with Crippen LogP contribution in [0.1, 0.15) is 39.5 Å². The number of hydrogen-bond donors (Lipinski definition) is 0. The molecule has 2 heterocycles. The summed E-state index contributed by atoms with van der Waals surface area (Å²) in [6, 6.07) is 5.77. The second-order valence-corrected chi connectivity index (χ2v) is 8.70. The number of carbonyl (C=O) groups is 1. The van der Waals surface area contributed by atoms with Crippen LogP contribution in [0.5, 0.6) is 0 Å². The van der Waals surface area contributed by atoms with Gasteiger partial charge in [-0.1, -0.05) is 18.5 Å². The summed E-state index contributed by atoms with van der Waals surface area (Å²) in [5.41, 5.74) is 0.899. The minimum Gasteiger partial charge on any atom is -0.376 e. The van der Waals surface area contributed by atoms with E-state index < -0.39 is 6.10 Å². The van der Waals surface area contributed by atoms with Gasteiger partial charge in [0.15, 0.2) is 0 Å². The Labute approximate surface area is 159 Å². The van der Waals surface area contributed by atoms with Crippen molar-refractivity contribution in [3.63, 3.8) is 0 Å². The van der Waals surface area contributed by atoms with E-state index in [0.29, 0.717) is 23.4 Å². The Morgan fingerprint density at radius 2 is 2.28 bits per heavy atom. The highest BCUT2D eigenvalue weighted by molar-refractivity contribution is 8.00. The SMILES string of the molecule is CC1CCN(C(=O)C(C)OCC2CCCCO2)c2cc(Cl)ccc2S1. The zero-order valence-electron chi connectivity index (χ0n) is 14.9. The van der Waals surface area contributed by atoms with Gasteiger partial charge >= 0.3 is 0 Å². The molecule has 1 aromatic carbocycles. The van der Waals surface area contributed by atoms with Crippen LogP contribution in [0.4, 0.5) is 5.69 Å². The Morgan fingerprint density at radius 3 is 3.04 bits per heavy atom. The molecule has 0 bridgehead atoms. The maximum atomic E-state index is 13.0. The van der Waals surface area contributed by atoms with Crippen LogP contribution in [0.25, 0.3) is 0 Å². The molecule has 2 aliphatic heterocycles. The summed E-state index contributed by atoms with van der Waals surface area (Å²) in [6.07, 6.45) is 3.87. The number of amides is 1. The number of halogens is 1. The predicted octanol–water partition coefficient (Wildman–Crippen LogP) is 4.53. The lowest BCUT2D eigenvalue weighted by Gasteiger charge is -2.28. The first kappa shape index (κ1) is 19.0. The van der Waals surface area contributed by atoms with Crippen LogP contribution in [-0.2, 0) is 14.3 Å². The molecule has 0 spiro atoms. The van der Waals surface area contributed by atoms with Gasteiger partial charge in [0.2, 0.25) is 0 Å². The normalized spacial score (nSPS) is 25.2. The fourth-order valence-corrected chi connectivity index (χ4v) is 4.48. The van der Waals surface area contributed by atoms with Gasteiger partial charge in [0.25, 0.3) is 5.91 Å². The van der Waals surface area contributed by atoms with E-state index in [0.717, 1.165) is 36.5 Å². The molecule has 25 heavy (non-hydrogen) atoms. The topological polar surface area (TPSA) is 38.8 Å². The summed E-state index contributed by atoms with van der Waals surface area (Å²) in [7, 11) is 0. The zero-order valence-corrected chi connectivity index (χ0v) is 16.4. The van der Waals surface area contributed by atoms with Crippen LogP contribution in [0, 0.1) is 0 Å². The van der Waals surface area contributed by atoms with Crippen molar-refractivity contribution in [2.75, 3.05) is 24.7 Å². The molecule has 1 fully saturated rings. The number of carbonyl (C=O) groups excluding carboxylic acids is 1. The third kappa shape index (κ3) is 4.91. The van der Waals surface area contributed by atoms with Crippen LogP contribution in [0.3, 0.4) is 0 Å². The molecular weight excluding hydrogens is 358 g/mol. The van der Waals surface area contributed by atoms with Gasteiger partial charge < -0.3 is 14.4 Å². The van der Waals surface area contributed by atoms with E-state index in [1.165, 1.54) is 6.42 Å². The standard InChI is InChI=1S/C19H26ClNO3S/c1-13-8-9-21(17-11-15(20)6-7-18(17)25-13)19(22)14(2)24-12-16-5-3-4-10-23-16/h6-7,11,13-14,16H,3-5,8-10,12H2,1-2H3. The quantitative estimate of drug-likeness (QED) is 0.765. The zero-order chi connectivity index (χ0) is 17.8. The molecule has 1 saturated heterocycles. The number of fused-ring (bicyclic) bond motifs is 1. The first-order valence-electron chi connectivity index (χ1n) is 9.05. The fourth-order valence-electron chi connectivity index (χ4n) is 3.22. The molecule has 1 aromatic rings. The minimum atomic E-state index is -0.490. The van der Waals surface area contributed by atoms with Crippen molar-refractivity contribution in [3.8, 4) is 0 Å². The highest BCUT2D eigenvalue weighted by Gasteiger charge is 2.29. The van der Waals surface area contributed by atoms with Crippen molar-refractivity contribution in [3.05, 3.63) is 23.2 Å². The van der Waals surface area contributed by atoms with Gasteiger partial charge in [-0.25, -0.2) is 0 Å². The highest BCUT2D eigenvalue weighted by atomic mass is 35.5. The summed E-state index contributed by atoms with van der Waals surface area (Å²) >= 11 is 7.98. The van der Waals surface area contributed by atoms with Crippen molar-refractivity contribution < 1.29 is 14.3 Å². The third-order valence-electron chi connectivity index (χ3n) is 4.72. The lowest BCUT2D eigenvalue weighted by Crippen LogP contribution is -2.41. The first-order valence-corrected chi connectivity index (χ1v) is 10.3. The average Bonchev–Trinajstić information content (AvgIpc) is 2.78. The van der Waals surface area contributed by atoms with Crippen LogP contribution in [0.15, 0.2) is 23.1 Å². The summed E-state index contributed by atoms with van der Waals surface area (Å²) in [5, 5.41) is 1.11. The van der Waals surface area contributed by atoms with E-state index in [-0.39, 0.29) is 12.0 Å². The Kier molecular flexibility index (Phi) is 6.67. The summed E-state index contributed by atoms with van der Waals surface area (Å²) in [4.78, 5) is 16.0. The number of hydrogen-bond acceptors (Lipinski definition) is 4. The molecule has 3 atom stereocenters. The van der Waals surface area contributed by atoms with Crippen molar-refractivity contribution in [1.29, 1.82) is 0 Å². The first-order chi connectivity index (χ1) is 12.0. The van der Waals surface area contributed by atoms with Crippen LogP contribution < -0.4 is 4.90 Å². The largest absolute Gasteiger partial charge is 0.376 e. The second kappa shape index (κ2) is 8.76. The summed E-state index contributed by atoms with van der Waals surface area (Å²) in [5.74, 6) is -0.00553.